The predicted molar refractivity (Wildman–Crippen MR) is 81.4 cm³/mol. The van der Waals surface area contributed by atoms with Crippen LogP contribution in [0.1, 0.15) is 17.0 Å². The van der Waals surface area contributed by atoms with Gasteiger partial charge in [-0.25, -0.2) is 0 Å². The molecule has 3 heteroatoms. The lowest BCUT2D eigenvalue weighted by atomic mass is 10.0. The van der Waals surface area contributed by atoms with Crippen molar-refractivity contribution in [1.29, 1.82) is 0 Å². The Morgan fingerprint density at radius 1 is 1.15 bits per heavy atom. The number of fused-ring (bicyclic) bond motifs is 2. The van der Waals surface area contributed by atoms with Crippen molar-refractivity contribution in [2.24, 2.45) is 0 Å². The molecule has 20 heavy (non-hydrogen) atoms. The first kappa shape index (κ1) is 11.6. The highest BCUT2D eigenvalue weighted by molar-refractivity contribution is 5.68. The van der Waals surface area contributed by atoms with E-state index in [4.69, 9.17) is 10.5 Å². The van der Waals surface area contributed by atoms with E-state index in [1.807, 2.05) is 18.2 Å². The molecule has 102 valence electrons. The first-order valence-electron chi connectivity index (χ1n) is 7.17. The van der Waals surface area contributed by atoms with Crippen molar-refractivity contribution in [2.75, 3.05) is 30.3 Å². The topological polar surface area (TPSA) is 38.5 Å². The number of hydrogen-bond donors (Lipinski definition) is 1. The summed E-state index contributed by atoms with van der Waals surface area (Å²) >= 11 is 0. The molecule has 2 aliphatic heterocycles. The zero-order valence-electron chi connectivity index (χ0n) is 11.4. The summed E-state index contributed by atoms with van der Waals surface area (Å²) in [5, 5.41) is 0. The average Bonchev–Trinajstić information content (AvgIpc) is 3.06. The van der Waals surface area contributed by atoms with E-state index in [1.165, 1.54) is 16.8 Å². The van der Waals surface area contributed by atoms with Crippen LogP contribution in [0.15, 0.2) is 42.5 Å². The summed E-state index contributed by atoms with van der Waals surface area (Å²) in [6, 6.07) is 14.6. The van der Waals surface area contributed by atoms with E-state index < -0.39 is 0 Å². The van der Waals surface area contributed by atoms with E-state index in [0.717, 1.165) is 37.6 Å². The van der Waals surface area contributed by atoms with Crippen LogP contribution < -0.4 is 15.4 Å². The minimum absolute atomic E-state index is 0.457. The molecule has 0 aliphatic carbocycles. The molecule has 2 N–H and O–H groups in total. The zero-order valence-corrected chi connectivity index (χ0v) is 11.4. The van der Waals surface area contributed by atoms with E-state index in [-0.39, 0.29) is 0 Å². The van der Waals surface area contributed by atoms with Crippen LogP contribution in [-0.4, -0.2) is 19.7 Å². The molecule has 2 aromatic rings. The van der Waals surface area contributed by atoms with Gasteiger partial charge in [-0.2, -0.15) is 0 Å². The lowest BCUT2D eigenvalue weighted by Crippen LogP contribution is -2.27. The minimum Gasteiger partial charge on any atom is -0.493 e. The second-order valence-corrected chi connectivity index (χ2v) is 5.59. The number of nitrogens with zero attached hydrogens (tertiary/aromatic N) is 1. The molecule has 0 bridgehead atoms. The Hall–Kier alpha value is -2.16. The summed E-state index contributed by atoms with van der Waals surface area (Å²) in [7, 11) is 0. The Morgan fingerprint density at radius 3 is 3.00 bits per heavy atom. The molecule has 0 saturated heterocycles. The first-order chi connectivity index (χ1) is 9.83. The summed E-state index contributed by atoms with van der Waals surface area (Å²) in [6.45, 7) is 2.85. The van der Waals surface area contributed by atoms with E-state index in [1.54, 1.807) is 0 Å². The summed E-state index contributed by atoms with van der Waals surface area (Å²) in [5.41, 5.74) is 10.9. The summed E-state index contributed by atoms with van der Waals surface area (Å²) in [4.78, 5) is 2.45. The van der Waals surface area contributed by atoms with Crippen molar-refractivity contribution >= 4 is 11.4 Å². The zero-order chi connectivity index (χ0) is 13.5. The molecular weight excluding hydrogens is 248 g/mol. The maximum absolute atomic E-state index is 6.07. The number of anilines is 2. The fourth-order valence-electron chi connectivity index (χ4n) is 3.36. The van der Waals surface area contributed by atoms with Crippen molar-refractivity contribution in [2.45, 2.75) is 12.3 Å². The van der Waals surface area contributed by atoms with Crippen LogP contribution in [-0.2, 0) is 6.42 Å². The second kappa shape index (κ2) is 4.44. The normalized spacial score (nSPS) is 19.6. The Labute approximate surface area is 119 Å². The average molecular weight is 266 g/mol. The van der Waals surface area contributed by atoms with E-state index >= 15 is 0 Å². The fourth-order valence-corrected chi connectivity index (χ4v) is 3.36. The SMILES string of the molecule is Nc1cccc2c1CCN2CC1COc2ccccc21. The third-order valence-electron chi connectivity index (χ3n) is 4.40. The standard InChI is InChI=1S/C17H18N2O/c18-15-5-3-6-16-14(15)8-9-19(16)10-12-11-20-17-7-2-1-4-13(12)17/h1-7,12H,8-11,18H2. The van der Waals surface area contributed by atoms with Gasteiger partial charge in [0.2, 0.25) is 0 Å². The van der Waals surface area contributed by atoms with Gasteiger partial charge in [-0.1, -0.05) is 24.3 Å². The number of para-hydroxylation sites is 1. The molecule has 1 unspecified atom stereocenters. The van der Waals surface area contributed by atoms with Gasteiger partial charge in [-0.3, -0.25) is 0 Å². The van der Waals surface area contributed by atoms with Crippen LogP contribution >= 0.6 is 0 Å². The fraction of sp³-hybridized carbons (Fsp3) is 0.294. The van der Waals surface area contributed by atoms with E-state index in [0.29, 0.717) is 5.92 Å². The minimum atomic E-state index is 0.457. The predicted octanol–water partition coefficient (Wildman–Crippen LogP) is 2.81. The van der Waals surface area contributed by atoms with Crippen LogP contribution in [0.2, 0.25) is 0 Å². The van der Waals surface area contributed by atoms with Gasteiger partial charge in [-0.05, 0) is 24.6 Å². The monoisotopic (exact) mass is 266 g/mol. The summed E-state index contributed by atoms with van der Waals surface area (Å²) in [5.74, 6) is 1.50. The number of rotatable bonds is 2. The molecule has 3 nitrogen and oxygen atoms in total. The third-order valence-corrected chi connectivity index (χ3v) is 4.40. The highest BCUT2D eigenvalue weighted by Gasteiger charge is 2.29. The molecular formula is C17H18N2O. The number of benzene rings is 2. The Kier molecular flexibility index (Phi) is 2.59. The van der Waals surface area contributed by atoms with E-state index in [2.05, 4.69) is 29.2 Å². The quantitative estimate of drug-likeness (QED) is 0.849. The molecule has 2 aliphatic rings. The second-order valence-electron chi connectivity index (χ2n) is 5.59. The molecule has 2 heterocycles. The Bertz CT molecular complexity index is 653. The van der Waals surface area contributed by atoms with Crippen molar-refractivity contribution in [3.63, 3.8) is 0 Å². The highest BCUT2D eigenvalue weighted by atomic mass is 16.5. The van der Waals surface area contributed by atoms with Gasteiger partial charge in [0.1, 0.15) is 5.75 Å². The molecule has 2 aromatic carbocycles. The van der Waals surface area contributed by atoms with Crippen LogP contribution in [0.25, 0.3) is 0 Å². The van der Waals surface area contributed by atoms with Crippen LogP contribution in [0.4, 0.5) is 11.4 Å². The lowest BCUT2D eigenvalue weighted by Gasteiger charge is -2.23. The van der Waals surface area contributed by atoms with Gasteiger partial charge in [0.15, 0.2) is 0 Å². The summed E-state index contributed by atoms with van der Waals surface area (Å²) in [6.07, 6.45) is 1.05. The molecule has 4 rings (SSSR count). The van der Waals surface area contributed by atoms with Gasteiger partial charge >= 0.3 is 0 Å². The Morgan fingerprint density at radius 2 is 2.05 bits per heavy atom. The van der Waals surface area contributed by atoms with Crippen LogP contribution in [0.3, 0.4) is 0 Å². The number of nitrogen functional groups attached to an aromatic ring is 1. The van der Waals surface area contributed by atoms with Gasteiger partial charge < -0.3 is 15.4 Å². The van der Waals surface area contributed by atoms with Crippen molar-refractivity contribution in [3.8, 4) is 5.75 Å². The highest BCUT2D eigenvalue weighted by Crippen LogP contribution is 2.38. The lowest BCUT2D eigenvalue weighted by molar-refractivity contribution is 0.331. The molecule has 0 spiro atoms. The first-order valence-corrected chi connectivity index (χ1v) is 7.17. The van der Waals surface area contributed by atoms with Crippen molar-refractivity contribution in [1.82, 2.24) is 0 Å². The van der Waals surface area contributed by atoms with Crippen LogP contribution in [0.5, 0.6) is 5.75 Å². The van der Waals surface area contributed by atoms with E-state index in [9.17, 15) is 0 Å². The maximum Gasteiger partial charge on any atom is 0.122 e. The third kappa shape index (κ3) is 1.73. The Balaban J connectivity index is 1.60. The number of ether oxygens (including phenoxy) is 1. The van der Waals surface area contributed by atoms with Crippen molar-refractivity contribution in [3.05, 3.63) is 53.6 Å². The number of hydrogen-bond acceptors (Lipinski definition) is 3. The van der Waals surface area contributed by atoms with Gasteiger partial charge in [-0.15, -0.1) is 0 Å². The molecule has 0 saturated carbocycles. The molecule has 0 aromatic heterocycles. The molecule has 0 fully saturated rings. The molecule has 0 amide bonds. The molecule has 0 radical (unpaired) electrons. The maximum atomic E-state index is 6.07. The van der Waals surface area contributed by atoms with Crippen LogP contribution in [0, 0.1) is 0 Å². The largest absolute Gasteiger partial charge is 0.493 e. The number of nitrogens with two attached hydrogens (primary N) is 1. The smallest absolute Gasteiger partial charge is 0.122 e. The van der Waals surface area contributed by atoms with Gasteiger partial charge in [0.05, 0.1) is 6.61 Å². The molecule has 1 atom stereocenters. The summed E-state index contributed by atoms with van der Waals surface area (Å²) < 4.78 is 5.78. The van der Waals surface area contributed by atoms with Crippen molar-refractivity contribution < 1.29 is 4.74 Å². The van der Waals surface area contributed by atoms with Gasteiger partial charge in [0, 0.05) is 41.5 Å². The van der Waals surface area contributed by atoms with Gasteiger partial charge in [0.25, 0.3) is 0 Å².